The Bertz CT molecular complexity index is 297. The third-order valence-corrected chi connectivity index (χ3v) is 1.40. The molecule has 1 rings (SSSR count). The van der Waals surface area contributed by atoms with Gasteiger partial charge in [0.05, 0.1) is 0 Å². The molecule has 0 saturated carbocycles. The number of aromatic nitrogens is 2. The van der Waals surface area contributed by atoms with Crippen molar-refractivity contribution >= 4 is 5.78 Å². The Labute approximate surface area is 63.6 Å². The predicted octanol–water partition coefficient (Wildman–Crippen LogP) is 0.225. The van der Waals surface area contributed by atoms with Gasteiger partial charge in [0, 0.05) is 18.3 Å². The van der Waals surface area contributed by atoms with E-state index in [1.807, 2.05) is 0 Å². The van der Waals surface area contributed by atoms with Crippen molar-refractivity contribution in [2.45, 2.75) is 19.8 Å². The van der Waals surface area contributed by atoms with Crippen LogP contribution in [0.3, 0.4) is 0 Å². The van der Waals surface area contributed by atoms with Gasteiger partial charge in [-0.05, 0) is 13.3 Å². The number of nitrogens with one attached hydrogen (secondary N) is 2. The summed E-state index contributed by atoms with van der Waals surface area (Å²) in [4.78, 5) is 26.1. The SMILES string of the molecule is CC(=O)CCc1c[nH]c(=O)[nH]1. The lowest BCUT2D eigenvalue weighted by molar-refractivity contribution is -0.116. The number of Topliss-reactive ketones (excluding diaryl/α,β-unsaturated/α-hetero) is 1. The molecule has 2 N–H and O–H groups in total. The van der Waals surface area contributed by atoms with E-state index in [1.54, 1.807) is 6.20 Å². The first-order valence-electron chi connectivity index (χ1n) is 3.44. The van der Waals surface area contributed by atoms with Crippen molar-refractivity contribution in [2.24, 2.45) is 0 Å². The predicted molar refractivity (Wildman–Crippen MR) is 40.4 cm³/mol. The molecule has 1 heterocycles. The summed E-state index contributed by atoms with van der Waals surface area (Å²) < 4.78 is 0. The largest absolute Gasteiger partial charge is 0.323 e. The fraction of sp³-hybridized carbons (Fsp3) is 0.429. The van der Waals surface area contributed by atoms with E-state index in [0.29, 0.717) is 12.8 Å². The molecule has 4 heteroatoms. The van der Waals surface area contributed by atoms with Crippen LogP contribution in [0.15, 0.2) is 11.0 Å². The first-order valence-corrected chi connectivity index (χ1v) is 3.44. The third kappa shape index (κ3) is 2.41. The fourth-order valence-corrected chi connectivity index (χ4v) is 0.816. The van der Waals surface area contributed by atoms with Crippen LogP contribution in [-0.4, -0.2) is 15.8 Å². The second-order valence-corrected chi connectivity index (χ2v) is 2.47. The maximum absolute atomic E-state index is 10.5. The van der Waals surface area contributed by atoms with Gasteiger partial charge in [0.2, 0.25) is 0 Å². The number of rotatable bonds is 3. The molecule has 60 valence electrons. The fourth-order valence-electron chi connectivity index (χ4n) is 0.816. The smallest absolute Gasteiger partial charge is 0.313 e. The van der Waals surface area contributed by atoms with E-state index in [1.165, 1.54) is 6.92 Å². The van der Waals surface area contributed by atoms with E-state index in [9.17, 15) is 9.59 Å². The second kappa shape index (κ2) is 3.18. The molecule has 0 unspecified atom stereocenters. The molecule has 0 saturated heterocycles. The highest BCUT2D eigenvalue weighted by Crippen LogP contribution is 1.94. The van der Waals surface area contributed by atoms with E-state index < -0.39 is 0 Å². The van der Waals surface area contributed by atoms with Crippen molar-refractivity contribution in [1.29, 1.82) is 0 Å². The van der Waals surface area contributed by atoms with Gasteiger partial charge in [-0.25, -0.2) is 4.79 Å². The molecule has 0 bridgehead atoms. The Morgan fingerprint density at radius 3 is 2.82 bits per heavy atom. The van der Waals surface area contributed by atoms with Crippen LogP contribution >= 0.6 is 0 Å². The summed E-state index contributed by atoms with van der Waals surface area (Å²) in [5.41, 5.74) is 0.564. The first-order chi connectivity index (χ1) is 5.18. The number of H-pyrrole nitrogens is 2. The van der Waals surface area contributed by atoms with Gasteiger partial charge in [0.15, 0.2) is 0 Å². The molecule has 0 aliphatic rings. The number of aryl methyl sites for hydroxylation is 1. The Kier molecular flexibility index (Phi) is 2.25. The van der Waals surface area contributed by atoms with Crippen LogP contribution in [-0.2, 0) is 11.2 Å². The molecule has 0 aliphatic carbocycles. The van der Waals surface area contributed by atoms with Gasteiger partial charge >= 0.3 is 5.69 Å². The van der Waals surface area contributed by atoms with E-state index in [-0.39, 0.29) is 11.5 Å². The highest BCUT2D eigenvalue weighted by molar-refractivity contribution is 5.75. The van der Waals surface area contributed by atoms with Gasteiger partial charge in [-0.1, -0.05) is 0 Å². The van der Waals surface area contributed by atoms with Crippen LogP contribution < -0.4 is 5.69 Å². The van der Waals surface area contributed by atoms with Crippen molar-refractivity contribution in [3.63, 3.8) is 0 Å². The first kappa shape index (κ1) is 7.78. The molecule has 0 spiro atoms. The number of carbonyl (C=O) groups excluding carboxylic acids is 1. The van der Waals surface area contributed by atoms with Gasteiger partial charge in [0.1, 0.15) is 5.78 Å². The van der Waals surface area contributed by atoms with Crippen LogP contribution in [0, 0.1) is 0 Å². The number of hydrogen-bond donors (Lipinski definition) is 2. The maximum atomic E-state index is 10.5. The van der Waals surface area contributed by atoms with Gasteiger partial charge in [-0.3, -0.25) is 0 Å². The van der Waals surface area contributed by atoms with Crippen LogP contribution in [0.2, 0.25) is 0 Å². The van der Waals surface area contributed by atoms with Gasteiger partial charge in [0.25, 0.3) is 0 Å². The van der Waals surface area contributed by atoms with Crippen molar-refractivity contribution in [2.75, 3.05) is 0 Å². The van der Waals surface area contributed by atoms with Gasteiger partial charge < -0.3 is 14.8 Å². The summed E-state index contributed by atoms with van der Waals surface area (Å²) in [5.74, 6) is 0.132. The average Bonchev–Trinajstić information content (AvgIpc) is 2.31. The molecule has 0 amide bonds. The monoisotopic (exact) mass is 154 g/mol. The number of hydrogen-bond acceptors (Lipinski definition) is 2. The van der Waals surface area contributed by atoms with E-state index in [0.717, 1.165) is 5.69 Å². The Morgan fingerprint density at radius 2 is 2.36 bits per heavy atom. The summed E-state index contributed by atoms with van der Waals surface area (Å²) in [6.07, 6.45) is 2.67. The van der Waals surface area contributed by atoms with Crippen molar-refractivity contribution in [3.05, 3.63) is 22.4 Å². The molecule has 0 atom stereocenters. The zero-order valence-corrected chi connectivity index (χ0v) is 6.31. The number of carbonyl (C=O) groups is 1. The molecule has 0 aliphatic heterocycles. The molecule has 0 fully saturated rings. The van der Waals surface area contributed by atoms with E-state index in [2.05, 4.69) is 9.97 Å². The Hall–Kier alpha value is -1.32. The lowest BCUT2D eigenvalue weighted by Gasteiger charge is -1.90. The number of imidazole rings is 1. The molecule has 0 aromatic carbocycles. The normalized spacial score (nSPS) is 9.91. The van der Waals surface area contributed by atoms with Crippen molar-refractivity contribution in [3.8, 4) is 0 Å². The molecule has 1 aromatic heterocycles. The van der Waals surface area contributed by atoms with Crippen LogP contribution in [0.5, 0.6) is 0 Å². The second-order valence-electron chi connectivity index (χ2n) is 2.47. The lowest BCUT2D eigenvalue weighted by Crippen LogP contribution is -2.02. The summed E-state index contributed by atoms with van der Waals surface area (Å²) in [6.45, 7) is 1.53. The van der Waals surface area contributed by atoms with E-state index >= 15 is 0 Å². The average molecular weight is 154 g/mol. The highest BCUT2D eigenvalue weighted by atomic mass is 16.1. The van der Waals surface area contributed by atoms with Crippen LogP contribution in [0.4, 0.5) is 0 Å². The minimum Gasteiger partial charge on any atom is -0.313 e. The quantitative estimate of drug-likeness (QED) is 0.654. The maximum Gasteiger partial charge on any atom is 0.323 e. The summed E-state index contributed by atoms with van der Waals surface area (Å²) in [5, 5.41) is 0. The van der Waals surface area contributed by atoms with Crippen LogP contribution in [0.1, 0.15) is 19.0 Å². The molecular formula is C7H10N2O2. The number of aromatic amines is 2. The zero-order chi connectivity index (χ0) is 8.27. The molecule has 1 aromatic rings. The Balaban J connectivity index is 2.51. The number of ketones is 1. The summed E-state index contributed by atoms with van der Waals surface area (Å²) >= 11 is 0. The van der Waals surface area contributed by atoms with Crippen molar-refractivity contribution in [1.82, 2.24) is 9.97 Å². The minimum atomic E-state index is -0.219. The molecular weight excluding hydrogens is 144 g/mol. The van der Waals surface area contributed by atoms with Crippen molar-refractivity contribution < 1.29 is 4.79 Å². The molecule has 0 radical (unpaired) electrons. The third-order valence-electron chi connectivity index (χ3n) is 1.40. The summed E-state index contributed by atoms with van der Waals surface area (Å²) in [7, 11) is 0. The van der Waals surface area contributed by atoms with Crippen LogP contribution in [0.25, 0.3) is 0 Å². The summed E-state index contributed by atoms with van der Waals surface area (Å²) in [6, 6.07) is 0. The van der Waals surface area contributed by atoms with Gasteiger partial charge in [-0.2, -0.15) is 0 Å². The van der Waals surface area contributed by atoms with Gasteiger partial charge in [-0.15, -0.1) is 0 Å². The lowest BCUT2D eigenvalue weighted by atomic mass is 10.2. The Morgan fingerprint density at radius 1 is 1.64 bits per heavy atom. The zero-order valence-electron chi connectivity index (χ0n) is 6.31. The molecule has 11 heavy (non-hydrogen) atoms. The minimum absolute atomic E-state index is 0.132. The highest BCUT2D eigenvalue weighted by Gasteiger charge is 1.97. The topological polar surface area (TPSA) is 65.7 Å². The van der Waals surface area contributed by atoms with E-state index in [4.69, 9.17) is 0 Å². The molecule has 4 nitrogen and oxygen atoms in total. The standard InChI is InChI=1S/C7H10N2O2/c1-5(10)2-3-6-4-8-7(11)9-6/h4H,2-3H2,1H3,(H2,8,9,11).